The van der Waals surface area contributed by atoms with E-state index in [-0.39, 0.29) is 13.2 Å². The van der Waals surface area contributed by atoms with Crippen molar-refractivity contribution in [3.05, 3.63) is 105 Å². The van der Waals surface area contributed by atoms with E-state index in [1.54, 1.807) is 23.7 Å². The number of benzene rings is 3. The number of ether oxygens (including phenoxy) is 2. The van der Waals surface area contributed by atoms with Crippen LogP contribution in [0.4, 0.5) is 5.95 Å². The Hall–Kier alpha value is -3.97. The SMILES string of the molecule is CCOC(=O)C1=C(CSc2nnc(-c3ccccc3)s2)Nc2nnnn2C1c1cccc(OCc2ccc(Cl)cc2Cl)c1. The maximum Gasteiger partial charge on any atom is 0.338 e. The Morgan fingerprint density at radius 2 is 1.91 bits per heavy atom. The molecule has 1 unspecified atom stereocenters. The van der Waals surface area contributed by atoms with Crippen molar-refractivity contribution in [1.29, 1.82) is 0 Å². The van der Waals surface area contributed by atoms with Gasteiger partial charge >= 0.3 is 5.97 Å². The van der Waals surface area contributed by atoms with Gasteiger partial charge in [0.15, 0.2) is 4.34 Å². The molecule has 1 atom stereocenters. The molecule has 0 amide bonds. The lowest BCUT2D eigenvalue weighted by Gasteiger charge is -2.28. The number of hydrogen-bond acceptors (Lipinski definition) is 11. The second-order valence-corrected chi connectivity index (χ2v) is 12.3. The Morgan fingerprint density at radius 1 is 1.05 bits per heavy atom. The lowest BCUT2D eigenvalue weighted by molar-refractivity contribution is -0.139. The maximum absolute atomic E-state index is 13.5. The molecule has 0 bridgehead atoms. The minimum Gasteiger partial charge on any atom is -0.489 e. The van der Waals surface area contributed by atoms with E-state index in [9.17, 15) is 4.79 Å². The molecule has 0 aliphatic carbocycles. The van der Waals surface area contributed by atoms with Gasteiger partial charge in [-0.15, -0.1) is 10.2 Å². The molecule has 1 N–H and O–H groups in total. The van der Waals surface area contributed by atoms with Crippen LogP contribution in [0.1, 0.15) is 24.1 Å². The van der Waals surface area contributed by atoms with Gasteiger partial charge in [-0.3, -0.25) is 0 Å². The monoisotopic (exact) mass is 651 g/mol. The van der Waals surface area contributed by atoms with Gasteiger partial charge in [-0.2, -0.15) is 4.68 Å². The van der Waals surface area contributed by atoms with Crippen molar-refractivity contribution in [3.63, 3.8) is 0 Å². The van der Waals surface area contributed by atoms with Crippen LogP contribution in [0.15, 0.2) is 88.4 Å². The third-order valence-corrected chi connectivity index (χ3v) is 9.16. The molecule has 3 aromatic carbocycles. The number of nitrogens with zero attached hydrogens (tertiary/aromatic N) is 6. The van der Waals surface area contributed by atoms with Crippen LogP contribution in [0.2, 0.25) is 10.0 Å². The van der Waals surface area contributed by atoms with Gasteiger partial charge in [0.1, 0.15) is 23.4 Å². The molecule has 0 radical (unpaired) electrons. The maximum atomic E-state index is 13.5. The first kappa shape index (κ1) is 29.1. The highest BCUT2D eigenvalue weighted by molar-refractivity contribution is 8.01. The van der Waals surface area contributed by atoms with E-state index in [1.807, 2.05) is 60.7 Å². The van der Waals surface area contributed by atoms with Gasteiger partial charge in [0, 0.05) is 32.6 Å². The molecule has 10 nitrogen and oxygen atoms in total. The average Bonchev–Trinajstić information content (AvgIpc) is 3.69. The molecule has 14 heteroatoms. The van der Waals surface area contributed by atoms with E-state index in [2.05, 4.69) is 31.0 Å². The predicted molar refractivity (Wildman–Crippen MR) is 167 cm³/mol. The molecular weight excluding hydrogens is 629 g/mol. The molecule has 5 aromatic rings. The number of anilines is 1. The third kappa shape index (κ3) is 6.52. The van der Waals surface area contributed by atoms with Gasteiger partial charge in [-0.1, -0.05) is 99.9 Å². The Balaban J connectivity index is 1.30. The molecular formula is C29H23Cl2N7O3S2. The van der Waals surface area contributed by atoms with Crippen molar-refractivity contribution in [2.45, 2.75) is 23.9 Å². The summed E-state index contributed by atoms with van der Waals surface area (Å²) in [6.45, 7) is 2.21. The second kappa shape index (κ2) is 13.1. The van der Waals surface area contributed by atoms with Crippen LogP contribution < -0.4 is 10.1 Å². The first-order valence-corrected chi connectivity index (χ1v) is 15.7. The van der Waals surface area contributed by atoms with Crippen LogP contribution in [0, 0.1) is 0 Å². The van der Waals surface area contributed by atoms with Gasteiger partial charge in [-0.05, 0) is 47.2 Å². The van der Waals surface area contributed by atoms with E-state index >= 15 is 0 Å². The topological polar surface area (TPSA) is 117 Å². The molecule has 0 saturated heterocycles. The molecule has 0 fully saturated rings. The Labute approximate surface area is 265 Å². The highest BCUT2D eigenvalue weighted by Gasteiger charge is 2.36. The normalized spacial score (nSPS) is 14.3. The molecule has 1 aliphatic heterocycles. The van der Waals surface area contributed by atoms with Crippen molar-refractivity contribution in [1.82, 2.24) is 30.4 Å². The number of fused-ring (bicyclic) bond motifs is 1. The van der Waals surface area contributed by atoms with Gasteiger partial charge in [0.05, 0.1) is 12.2 Å². The van der Waals surface area contributed by atoms with Crippen molar-refractivity contribution < 1.29 is 14.3 Å². The minimum absolute atomic E-state index is 0.208. The van der Waals surface area contributed by atoms with Gasteiger partial charge in [0.25, 0.3) is 0 Å². The van der Waals surface area contributed by atoms with Crippen molar-refractivity contribution in [2.24, 2.45) is 0 Å². The molecule has 0 saturated carbocycles. The molecule has 1 aliphatic rings. The number of nitrogens with one attached hydrogen (secondary N) is 1. The minimum atomic E-state index is -0.669. The summed E-state index contributed by atoms with van der Waals surface area (Å²) in [6.07, 6.45) is 0. The third-order valence-electron chi connectivity index (χ3n) is 6.44. The first-order valence-electron chi connectivity index (χ1n) is 13.1. The first-order chi connectivity index (χ1) is 21.0. The summed E-state index contributed by atoms with van der Waals surface area (Å²) >= 11 is 15.3. The highest BCUT2D eigenvalue weighted by Crippen LogP contribution is 2.39. The highest BCUT2D eigenvalue weighted by atomic mass is 35.5. The lowest BCUT2D eigenvalue weighted by Crippen LogP contribution is -2.31. The summed E-state index contributed by atoms with van der Waals surface area (Å²) in [5.41, 5.74) is 3.53. The van der Waals surface area contributed by atoms with E-state index in [4.69, 9.17) is 32.7 Å². The zero-order chi connectivity index (χ0) is 29.8. The zero-order valence-electron chi connectivity index (χ0n) is 22.6. The second-order valence-electron chi connectivity index (χ2n) is 9.21. The van der Waals surface area contributed by atoms with Crippen molar-refractivity contribution >= 4 is 58.2 Å². The van der Waals surface area contributed by atoms with Crippen LogP contribution in [0.25, 0.3) is 10.6 Å². The number of carbonyl (C=O) groups is 1. The Bertz CT molecular complexity index is 1800. The zero-order valence-corrected chi connectivity index (χ0v) is 25.8. The molecule has 0 spiro atoms. The molecule has 218 valence electrons. The van der Waals surface area contributed by atoms with Gasteiger partial charge in [-0.25, -0.2) is 4.79 Å². The van der Waals surface area contributed by atoms with Crippen LogP contribution in [-0.4, -0.2) is 48.7 Å². The van der Waals surface area contributed by atoms with E-state index < -0.39 is 12.0 Å². The fourth-order valence-corrected chi connectivity index (χ4v) is 6.77. The van der Waals surface area contributed by atoms with E-state index in [0.717, 1.165) is 26.0 Å². The molecule has 3 heterocycles. The fourth-order valence-electron chi connectivity index (χ4n) is 4.48. The van der Waals surface area contributed by atoms with Crippen LogP contribution in [-0.2, 0) is 16.1 Å². The predicted octanol–water partition coefficient (Wildman–Crippen LogP) is 6.70. The average molecular weight is 653 g/mol. The number of carbonyl (C=O) groups excluding carboxylic acids is 1. The Morgan fingerprint density at radius 3 is 2.72 bits per heavy atom. The molecule has 2 aromatic heterocycles. The summed E-state index contributed by atoms with van der Waals surface area (Å²) < 4.78 is 13.9. The number of thioether (sulfide) groups is 1. The van der Waals surface area contributed by atoms with Crippen LogP contribution >= 0.6 is 46.3 Å². The molecule has 43 heavy (non-hydrogen) atoms. The van der Waals surface area contributed by atoms with Crippen LogP contribution in [0.3, 0.4) is 0 Å². The number of rotatable bonds is 10. The lowest BCUT2D eigenvalue weighted by atomic mass is 9.95. The number of halogens is 2. The van der Waals surface area contributed by atoms with Crippen molar-refractivity contribution in [3.8, 4) is 16.3 Å². The van der Waals surface area contributed by atoms with Gasteiger partial charge in [0.2, 0.25) is 5.95 Å². The smallest absolute Gasteiger partial charge is 0.338 e. The van der Waals surface area contributed by atoms with E-state index in [0.29, 0.717) is 38.8 Å². The van der Waals surface area contributed by atoms with E-state index in [1.165, 1.54) is 23.1 Å². The number of aromatic nitrogens is 6. The number of tetrazole rings is 1. The molecule has 6 rings (SSSR count). The summed E-state index contributed by atoms with van der Waals surface area (Å²) in [7, 11) is 0. The number of esters is 1. The summed E-state index contributed by atoms with van der Waals surface area (Å²) in [4.78, 5) is 13.5. The Kier molecular flexibility index (Phi) is 8.89. The van der Waals surface area contributed by atoms with Crippen LogP contribution in [0.5, 0.6) is 5.75 Å². The summed E-state index contributed by atoms with van der Waals surface area (Å²) in [5.74, 6) is 0.887. The van der Waals surface area contributed by atoms with Crippen molar-refractivity contribution in [2.75, 3.05) is 17.7 Å². The summed E-state index contributed by atoms with van der Waals surface area (Å²) in [6, 6.07) is 21.9. The fraction of sp³-hybridized carbons (Fsp3) is 0.172. The van der Waals surface area contributed by atoms with Gasteiger partial charge < -0.3 is 14.8 Å². The standard InChI is InChI=1S/C29H23Cl2N7O3S2/c1-2-40-27(39)24-23(16-42-29-35-33-26(43-29)17-7-4-3-5-8-17)32-28-34-36-37-38(28)25(24)18-9-6-10-21(13-18)41-15-19-11-12-20(30)14-22(19)31/h3-14,25H,2,15-16H2,1H3,(H,32,34,37). The largest absolute Gasteiger partial charge is 0.489 e. The quantitative estimate of drug-likeness (QED) is 0.129. The summed E-state index contributed by atoms with van der Waals surface area (Å²) in [5, 5.41) is 26.0. The number of hydrogen-bond donors (Lipinski definition) is 1.